The van der Waals surface area contributed by atoms with Gasteiger partial charge in [-0.05, 0) is 42.3 Å². The summed E-state index contributed by atoms with van der Waals surface area (Å²) in [7, 11) is 1.45. The third-order valence-corrected chi connectivity index (χ3v) is 7.48. The monoisotopic (exact) mass is 568 g/mol. The van der Waals surface area contributed by atoms with E-state index in [1.54, 1.807) is 28.0 Å². The number of rotatable bonds is 4. The molecule has 2 atom stereocenters. The van der Waals surface area contributed by atoms with Gasteiger partial charge in [-0.15, -0.1) is 0 Å². The first-order valence-electron chi connectivity index (χ1n) is 13.7. The standard InChI is InChI=1S/C29H33FN4O7/c1-39-24-5-4-19-13-25(24)40-17-26(35)31-15-18-11-20(30)14-21(12-18)41-23-6-9-34(16-22(23)32-29(19)38)28(37)7-10-33-8-2-3-27(33)36/h4-5,11-14,22-23H,2-3,6-10,15-17H2,1H3,(H,31,35)(H,32,38)/t22-,23+/m0/s1. The molecule has 2 aromatic rings. The van der Waals surface area contributed by atoms with E-state index in [2.05, 4.69) is 10.6 Å². The molecule has 0 saturated carbocycles. The number of piperidine rings is 1. The predicted octanol–water partition coefficient (Wildman–Crippen LogP) is 1.63. The second-order valence-corrected chi connectivity index (χ2v) is 10.3. The molecule has 2 fully saturated rings. The highest BCUT2D eigenvalue weighted by Crippen LogP contribution is 2.29. The van der Waals surface area contributed by atoms with Gasteiger partial charge in [-0.25, -0.2) is 4.39 Å². The van der Waals surface area contributed by atoms with Crippen LogP contribution < -0.4 is 24.8 Å². The highest BCUT2D eigenvalue weighted by Gasteiger charge is 2.35. The van der Waals surface area contributed by atoms with Gasteiger partial charge in [-0.3, -0.25) is 19.2 Å². The summed E-state index contributed by atoms with van der Waals surface area (Å²) < 4.78 is 31.6. The summed E-state index contributed by atoms with van der Waals surface area (Å²) >= 11 is 0. The highest BCUT2D eigenvalue weighted by atomic mass is 19.1. The number of likely N-dealkylation sites (tertiary alicyclic amines) is 2. The maximum Gasteiger partial charge on any atom is 0.258 e. The van der Waals surface area contributed by atoms with Crippen LogP contribution in [0.2, 0.25) is 0 Å². The van der Waals surface area contributed by atoms with Gasteiger partial charge in [-0.2, -0.15) is 0 Å². The molecule has 218 valence electrons. The second-order valence-electron chi connectivity index (χ2n) is 10.3. The van der Waals surface area contributed by atoms with Gasteiger partial charge in [0.25, 0.3) is 11.8 Å². The summed E-state index contributed by atoms with van der Waals surface area (Å²) in [4.78, 5) is 54.2. The van der Waals surface area contributed by atoms with Crippen molar-refractivity contribution in [2.45, 2.75) is 44.4 Å². The van der Waals surface area contributed by atoms with Gasteiger partial charge in [0.2, 0.25) is 11.8 Å². The van der Waals surface area contributed by atoms with Gasteiger partial charge in [0.05, 0.1) is 13.2 Å². The number of nitrogens with one attached hydrogen (secondary N) is 2. The summed E-state index contributed by atoms with van der Waals surface area (Å²) in [5.41, 5.74) is 0.751. The lowest BCUT2D eigenvalue weighted by Gasteiger charge is -2.39. The lowest BCUT2D eigenvalue weighted by molar-refractivity contribution is -0.135. The van der Waals surface area contributed by atoms with Crippen LogP contribution in [0.4, 0.5) is 4.39 Å². The van der Waals surface area contributed by atoms with Crippen molar-refractivity contribution in [1.82, 2.24) is 20.4 Å². The van der Waals surface area contributed by atoms with E-state index in [1.807, 2.05) is 0 Å². The predicted molar refractivity (Wildman–Crippen MR) is 144 cm³/mol. The fraction of sp³-hybridized carbons (Fsp3) is 0.448. The number of amides is 4. The van der Waals surface area contributed by atoms with Gasteiger partial charge < -0.3 is 34.6 Å². The Hall–Kier alpha value is -4.35. The normalized spacial score (nSPS) is 21.3. The number of carbonyl (C=O) groups excluding carboxylic acids is 4. The smallest absolute Gasteiger partial charge is 0.258 e. The summed E-state index contributed by atoms with van der Waals surface area (Å²) in [6.07, 6.45) is 1.33. The molecule has 3 aliphatic heterocycles. The first-order chi connectivity index (χ1) is 19.8. The van der Waals surface area contributed by atoms with E-state index in [4.69, 9.17) is 14.2 Å². The Bertz CT molecular complexity index is 1340. The van der Waals surface area contributed by atoms with E-state index in [-0.39, 0.29) is 55.0 Å². The molecule has 2 N–H and O–H groups in total. The van der Waals surface area contributed by atoms with Gasteiger partial charge in [0, 0.05) is 63.6 Å². The molecule has 3 aliphatic rings. The van der Waals surface area contributed by atoms with Crippen LogP contribution in [0.1, 0.15) is 41.6 Å². The molecule has 0 unspecified atom stereocenters. The number of nitrogens with zero attached hydrogens (tertiary/aromatic N) is 2. The number of hydrogen-bond acceptors (Lipinski definition) is 7. The summed E-state index contributed by atoms with van der Waals surface area (Å²) in [5.74, 6) is -0.664. The molecule has 0 aliphatic carbocycles. The zero-order chi connectivity index (χ0) is 28.9. The molecule has 0 aromatic heterocycles. The minimum absolute atomic E-state index is 0.0557. The van der Waals surface area contributed by atoms with Crippen LogP contribution in [0.5, 0.6) is 17.2 Å². The average molecular weight is 569 g/mol. The van der Waals surface area contributed by atoms with Crippen molar-refractivity contribution < 1.29 is 37.8 Å². The van der Waals surface area contributed by atoms with E-state index < -0.39 is 29.8 Å². The Labute approximate surface area is 236 Å². The van der Waals surface area contributed by atoms with E-state index in [0.717, 1.165) is 6.42 Å². The zero-order valence-corrected chi connectivity index (χ0v) is 22.8. The minimum atomic E-state index is -0.612. The fourth-order valence-corrected chi connectivity index (χ4v) is 5.31. The third kappa shape index (κ3) is 6.87. The molecule has 12 heteroatoms. The Balaban J connectivity index is 1.39. The number of carbonyl (C=O) groups is 4. The molecule has 4 bridgehead atoms. The molecule has 0 spiro atoms. The van der Waals surface area contributed by atoms with Gasteiger partial charge in [0.15, 0.2) is 18.1 Å². The van der Waals surface area contributed by atoms with Crippen molar-refractivity contribution in [2.24, 2.45) is 0 Å². The maximum atomic E-state index is 14.5. The molecule has 0 radical (unpaired) electrons. The average Bonchev–Trinajstić information content (AvgIpc) is 3.38. The van der Waals surface area contributed by atoms with Gasteiger partial charge in [0.1, 0.15) is 17.7 Å². The lowest BCUT2D eigenvalue weighted by atomic mass is 10.0. The number of fused-ring (bicyclic) bond motifs is 5. The summed E-state index contributed by atoms with van der Waals surface area (Å²) in [5, 5.41) is 5.66. The first-order valence-corrected chi connectivity index (χ1v) is 13.7. The van der Waals surface area contributed by atoms with E-state index in [9.17, 15) is 23.6 Å². The highest BCUT2D eigenvalue weighted by molar-refractivity contribution is 5.95. The number of methoxy groups -OCH3 is 1. The quantitative estimate of drug-likeness (QED) is 0.574. The molecular formula is C29H33FN4O7. The van der Waals surface area contributed by atoms with Crippen molar-refractivity contribution >= 4 is 23.6 Å². The van der Waals surface area contributed by atoms with Crippen LogP contribution in [0, 0.1) is 5.82 Å². The zero-order valence-electron chi connectivity index (χ0n) is 22.8. The summed E-state index contributed by atoms with van der Waals surface area (Å²) in [6.45, 7) is 1.30. The van der Waals surface area contributed by atoms with Crippen LogP contribution in [-0.4, -0.2) is 85.5 Å². The number of hydrogen-bond donors (Lipinski definition) is 2. The third-order valence-electron chi connectivity index (χ3n) is 7.48. The maximum absolute atomic E-state index is 14.5. The Morgan fingerprint density at radius 3 is 2.78 bits per heavy atom. The first kappa shape index (κ1) is 28.2. The largest absolute Gasteiger partial charge is 0.493 e. The molecule has 4 amide bonds. The topological polar surface area (TPSA) is 127 Å². The molecular weight excluding hydrogens is 535 g/mol. The molecule has 2 aromatic carbocycles. The lowest BCUT2D eigenvalue weighted by Crippen LogP contribution is -2.58. The molecule has 2 saturated heterocycles. The fourth-order valence-electron chi connectivity index (χ4n) is 5.31. The molecule has 41 heavy (non-hydrogen) atoms. The molecule has 11 nitrogen and oxygen atoms in total. The SMILES string of the molecule is COc1ccc2cc1OCC(=O)NCc1cc(F)cc(c1)O[C@@H]1CCN(C(=O)CCN3CCCC3=O)C[C@@H]1NC2=O. The van der Waals surface area contributed by atoms with Crippen LogP contribution in [0.25, 0.3) is 0 Å². The van der Waals surface area contributed by atoms with Crippen molar-refractivity contribution in [1.29, 1.82) is 0 Å². The van der Waals surface area contributed by atoms with E-state index in [1.165, 1.54) is 25.3 Å². The van der Waals surface area contributed by atoms with Crippen LogP contribution in [0.15, 0.2) is 36.4 Å². The Kier molecular flexibility index (Phi) is 8.55. The van der Waals surface area contributed by atoms with Crippen molar-refractivity contribution in [3.8, 4) is 17.2 Å². The van der Waals surface area contributed by atoms with Gasteiger partial charge >= 0.3 is 0 Å². The van der Waals surface area contributed by atoms with E-state index in [0.29, 0.717) is 43.8 Å². The number of benzene rings is 2. The van der Waals surface area contributed by atoms with Gasteiger partial charge in [-0.1, -0.05) is 0 Å². The van der Waals surface area contributed by atoms with Crippen molar-refractivity contribution in [3.05, 3.63) is 53.3 Å². The number of halogens is 1. The summed E-state index contributed by atoms with van der Waals surface area (Å²) in [6, 6.07) is 8.19. The Morgan fingerprint density at radius 1 is 1.15 bits per heavy atom. The Morgan fingerprint density at radius 2 is 2.00 bits per heavy atom. The second kappa shape index (κ2) is 12.4. The van der Waals surface area contributed by atoms with Crippen molar-refractivity contribution in [2.75, 3.05) is 39.9 Å². The van der Waals surface area contributed by atoms with Crippen LogP contribution in [0.3, 0.4) is 0 Å². The van der Waals surface area contributed by atoms with Crippen LogP contribution in [-0.2, 0) is 20.9 Å². The number of ether oxygens (including phenoxy) is 3. The minimum Gasteiger partial charge on any atom is -0.493 e. The molecule has 3 heterocycles. The van der Waals surface area contributed by atoms with Crippen molar-refractivity contribution in [3.63, 3.8) is 0 Å². The molecule has 5 rings (SSSR count). The van der Waals surface area contributed by atoms with E-state index >= 15 is 0 Å². The van der Waals surface area contributed by atoms with Crippen LogP contribution >= 0.6 is 0 Å².